The SMILES string of the molecule is CC(C)c1ccc(NCCC(=O)N2c3ccccc3CC2C)cc1. The van der Waals surface area contributed by atoms with Crippen LogP contribution in [0.4, 0.5) is 11.4 Å². The molecule has 0 aliphatic carbocycles. The summed E-state index contributed by atoms with van der Waals surface area (Å²) in [7, 11) is 0. The molecule has 0 fully saturated rings. The Kier molecular flexibility index (Phi) is 4.89. The summed E-state index contributed by atoms with van der Waals surface area (Å²) in [6, 6.07) is 16.9. The van der Waals surface area contributed by atoms with Crippen LogP contribution in [0.5, 0.6) is 0 Å². The van der Waals surface area contributed by atoms with E-state index in [1.165, 1.54) is 11.1 Å². The van der Waals surface area contributed by atoms with E-state index in [2.05, 4.69) is 62.5 Å². The number of para-hydroxylation sites is 1. The molecule has 1 aliphatic rings. The van der Waals surface area contributed by atoms with Gasteiger partial charge in [0.1, 0.15) is 0 Å². The van der Waals surface area contributed by atoms with E-state index in [4.69, 9.17) is 0 Å². The molecule has 3 rings (SSSR count). The van der Waals surface area contributed by atoms with Crippen LogP contribution in [0.25, 0.3) is 0 Å². The van der Waals surface area contributed by atoms with Gasteiger partial charge in [-0.15, -0.1) is 0 Å². The number of nitrogens with zero attached hydrogens (tertiary/aromatic N) is 1. The Morgan fingerprint density at radius 2 is 1.88 bits per heavy atom. The highest BCUT2D eigenvalue weighted by Crippen LogP contribution is 2.32. The fraction of sp³-hybridized carbons (Fsp3) is 0.381. The van der Waals surface area contributed by atoms with Crippen LogP contribution in [-0.4, -0.2) is 18.5 Å². The lowest BCUT2D eigenvalue weighted by molar-refractivity contribution is -0.118. The largest absolute Gasteiger partial charge is 0.385 e. The number of hydrogen-bond acceptors (Lipinski definition) is 2. The first-order valence-corrected chi connectivity index (χ1v) is 8.80. The van der Waals surface area contributed by atoms with Gasteiger partial charge in [0.2, 0.25) is 5.91 Å². The fourth-order valence-electron chi connectivity index (χ4n) is 3.37. The molecule has 126 valence electrons. The Hall–Kier alpha value is -2.29. The van der Waals surface area contributed by atoms with Crippen molar-refractivity contribution in [1.29, 1.82) is 0 Å². The van der Waals surface area contributed by atoms with Crippen molar-refractivity contribution in [2.24, 2.45) is 0 Å². The van der Waals surface area contributed by atoms with Crippen LogP contribution in [0.15, 0.2) is 48.5 Å². The molecular formula is C21H26N2O. The first-order chi connectivity index (χ1) is 11.6. The predicted octanol–water partition coefficient (Wildman–Crippen LogP) is 4.59. The van der Waals surface area contributed by atoms with Gasteiger partial charge in [0.15, 0.2) is 0 Å². The maximum absolute atomic E-state index is 12.6. The number of fused-ring (bicyclic) bond motifs is 1. The molecule has 0 aromatic heterocycles. The van der Waals surface area contributed by atoms with Gasteiger partial charge in [0.05, 0.1) is 0 Å². The minimum atomic E-state index is 0.193. The number of carbonyl (C=O) groups excluding carboxylic acids is 1. The second kappa shape index (κ2) is 7.08. The van der Waals surface area contributed by atoms with Gasteiger partial charge < -0.3 is 10.2 Å². The quantitative estimate of drug-likeness (QED) is 0.873. The molecule has 0 saturated carbocycles. The van der Waals surface area contributed by atoms with E-state index >= 15 is 0 Å². The number of benzene rings is 2. The molecule has 3 nitrogen and oxygen atoms in total. The summed E-state index contributed by atoms with van der Waals surface area (Å²) in [5.74, 6) is 0.733. The smallest absolute Gasteiger partial charge is 0.229 e. The monoisotopic (exact) mass is 322 g/mol. The number of rotatable bonds is 5. The maximum atomic E-state index is 12.6. The molecule has 1 heterocycles. The van der Waals surface area contributed by atoms with Crippen LogP contribution in [0, 0.1) is 0 Å². The molecule has 24 heavy (non-hydrogen) atoms. The van der Waals surface area contributed by atoms with E-state index in [9.17, 15) is 4.79 Å². The van der Waals surface area contributed by atoms with Crippen molar-refractivity contribution in [3.8, 4) is 0 Å². The average Bonchev–Trinajstić information content (AvgIpc) is 2.91. The van der Waals surface area contributed by atoms with Gasteiger partial charge in [0, 0.05) is 30.4 Å². The Labute approximate surface area is 144 Å². The summed E-state index contributed by atoms with van der Waals surface area (Å²) in [5, 5.41) is 3.36. The second-order valence-electron chi connectivity index (χ2n) is 6.90. The van der Waals surface area contributed by atoms with E-state index in [1.807, 2.05) is 17.0 Å². The van der Waals surface area contributed by atoms with Gasteiger partial charge in [-0.25, -0.2) is 0 Å². The molecule has 1 aliphatic heterocycles. The van der Waals surface area contributed by atoms with Crippen molar-refractivity contribution >= 4 is 17.3 Å². The summed E-state index contributed by atoms with van der Waals surface area (Å²) < 4.78 is 0. The zero-order chi connectivity index (χ0) is 17.1. The van der Waals surface area contributed by atoms with Crippen LogP contribution in [0.3, 0.4) is 0 Å². The normalized spacial score (nSPS) is 16.3. The molecule has 2 aromatic carbocycles. The molecule has 2 aromatic rings. The van der Waals surface area contributed by atoms with Crippen LogP contribution >= 0.6 is 0 Å². The Bertz CT molecular complexity index is 706. The topological polar surface area (TPSA) is 32.3 Å². The third kappa shape index (κ3) is 3.45. The Morgan fingerprint density at radius 3 is 2.58 bits per heavy atom. The van der Waals surface area contributed by atoms with Crippen molar-refractivity contribution in [1.82, 2.24) is 0 Å². The molecular weight excluding hydrogens is 296 g/mol. The highest BCUT2D eigenvalue weighted by atomic mass is 16.2. The first kappa shape index (κ1) is 16.6. The number of carbonyl (C=O) groups is 1. The average molecular weight is 322 g/mol. The molecule has 1 N–H and O–H groups in total. The van der Waals surface area contributed by atoms with E-state index < -0.39 is 0 Å². The van der Waals surface area contributed by atoms with Gasteiger partial charge in [0.25, 0.3) is 0 Å². The molecule has 0 spiro atoms. The maximum Gasteiger partial charge on any atom is 0.229 e. The van der Waals surface area contributed by atoms with Crippen molar-refractivity contribution < 1.29 is 4.79 Å². The molecule has 0 bridgehead atoms. The van der Waals surface area contributed by atoms with Crippen molar-refractivity contribution in [3.63, 3.8) is 0 Å². The summed E-state index contributed by atoms with van der Waals surface area (Å²) in [6.45, 7) is 7.16. The number of hydrogen-bond donors (Lipinski definition) is 1. The van der Waals surface area contributed by atoms with E-state index in [-0.39, 0.29) is 11.9 Å². The van der Waals surface area contributed by atoms with Crippen molar-refractivity contribution in [3.05, 3.63) is 59.7 Å². The van der Waals surface area contributed by atoms with Gasteiger partial charge in [-0.3, -0.25) is 4.79 Å². The fourth-order valence-corrected chi connectivity index (χ4v) is 3.37. The standard InChI is InChI=1S/C21H26N2O/c1-15(2)17-8-10-19(11-9-17)22-13-12-21(24)23-16(3)14-18-6-4-5-7-20(18)23/h4-11,15-16,22H,12-14H2,1-3H3. The number of amides is 1. The minimum absolute atomic E-state index is 0.193. The Balaban J connectivity index is 1.56. The van der Waals surface area contributed by atoms with Gasteiger partial charge >= 0.3 is 0 Å². The first-order valence-electron chi connectivity index (χ1n) is 8.80. The van der Waals surface area contributed by atoms with Crippen LogP contribution < -0.4 is 10.2 Å². The number of nitrogens with one attached hydrogen (secondary N) is 1. The van der Waals surface area contributed by atoms with E-state index in [1.54, 1.807) is 0 Å². The summed E-state index contributed by atoms with van der Waals surface area (Å²) >= 11 is 0. The zero-order valence-electron chi connectivity index (χ0n) is 14.8. The predicted molar refractivity (Wildman–Crippen MR) is 101 cm³/mol. The van der Waals surface area contributed by atoms with E-state index in [0.29, 0.717) is 18.9 Å². The molecule has 0 radical (unpaired) electrons. The lowest BCUT2D eigenvalue weighted by Crippen LogP contribution is -2.36. The second-order valence-corrected chi connectivity index (χ2v) is 6.90. The Morgan fingerprint density at radius 1 is 1.17 bits per heavy atom. The minimum Gasteiger partial charge on any atom is -0.385 e. The summed E-state index contributed by atoms with van der Waals surface area (Å²) in [5.41, 5.74) is 4.76. The molecule has 0 saturated heterocycles. The summed E-state index contributed by atoms with van der Waals surface area (Å²) in [6.07, 6.45) is 1.45. The summed E-state index contributed by atoms with van der Waals surface area (Å²) in [4.78, 5) is 14.6. The van der Waals surface area contributed by atoms with Crippen LogP contribution in [0.1, 0.15) is 44.2 Å². The van der Waals surface area contributed by atoms with Gasteiger partial charge in [-0.1, -0.05) is 44.2 Å². The van der Waals surface area contributed by atoms with Crippen molar-refractivity contribution in [2.75, 3.05) is 16.8 Å². The molecule has 1 unspecified atom stereocenters. The third-order valence-electron chi connectivity index (χ3n) is 4.72. The highest BCUT2D eigenvalue weighted by Gasteiger charge is 2.29. The van der Waals surface area contributed by atoms with Crippen LogP contribution in [-0.2, 0) is 11.2 Å². The number of anilines is 2. The zero-order valence-corrected chi connectivity index (χ0v) is 14.8. The lowest BCUT2D eigenvalue weighted by Gasteiger charge is -2.23. The lowest BCUT2D eigenvalue weighted by atomic mass is 10.0. The molecule has 1 amide bonds. The third-order valence-corrected chi connectivity index (χ3v) is 4.72. The highest BCUT2D eigenvalue weighted by molar-refractivity contribution is 5.96. The van der Waals surface area contributed by atoms with E-state index in [0.717, 1.165) is 17.8 Å². The molecule has 1 atom stereocenters. The van der Waals surface area contributed by atoms with Crippen molar-refractivity contribution in [2.45, 2.75) is 45.6 Å². The van der Waals surface area contributed by atoms with Gasteiger partial charge in [-0.2, -0.15) is 0 Å². The van der Waals surface area contributed by atoms with Gasteiger partial charge in [-0.05, 0) is 48.6 Å². The van der Waals surface area contributed by atoms with Crippen LogP contribution in [0.2, 0.25) is 0 Å². The molecule has 3 heteroatoms.